The van der Waals surface area contributed by atoms with E-state index in [0.29, 0.717) is 35.6 Å². The number of aromatic nitrogens is 2. The maximum atomic E-state index is 6.17. The number of halogens is 1. The molecule has 0 atom stereocenters. The van der Waals surface area contributed by atoms with Crippen molar-refractivity contribution in [2.45, 2.75) is 13.0 Å². The normalized spacial score (nSPS) is 12.8. The first-order valence-corrected chi connectivity index (χ1v) is 10.5. The van der Waals surface area contributed by atoms with Crippen LogP contribution in [0.3, 0.4) is 0 Å². The summed E-state index contributed by atoms with van der Waals surface area (Å²) in [6, 6.07) is 13.7. The van der Waals surface area contributed by atoms with Gasteiger partial charge < -0.3 is 19.3 Å². The molecule has 2 heterocycles. The van der Waals surface area contributed by atoms with Crippen molar-refractivity contribution < 1.29 is 9.47 Å². The van der Waals surface area contributed by atoms with Gasteiger partial charge in [-0.3, -0.25) is 0 Å². The molecule has 0 aliphatic carbocycles. The third kappa shape index (κ3) is 5.16. The maximum Gasteiger partial charge on any atom is 0.193 e. The summed E-state index contributed by atoms with van der Waals surface area (Å²) in [5.74, 6) is 2.67. The Bertz CT molecular complexity index is 1070. The second-order valence-electron chi connectivity index (χ2n) is 7.64. The van der Waals surface area contributed by atoms with E-state index in [-0.39, 0.29) is 0 Å². The predicted molar refractivity (Wildman–Crippen MR) is 124 cm³/mol. The molecule has 0 unspecified atom stereocenters. The van der Waals surface area contributed by atoms with Crippen LogP contribution in [0.15, 0.2) is 67.3 Å². The Kier molecular flexibility index (Phi) is 6.39. The van der Waals surface area contributed by atoms with Gasteiger partial charge in [0.25, 0.3) is 0 Å². The molecule has 0 bridgehead atoms. The summed E-state index contributed by atoms with van der Waals surface area (Å²) in [7, 11) is 4.10. The molecule has 0 N–H and O–H groups in total. The molecule has 1 aliphatic heterocycles. The fourth-order valence-electron chi connectivity index (χ4n) is 3.38. The molecule has 160 valence electrons. The largest absolute Gasteiger partial charge is 0.490 e. The Morgan fingerprint density at radius 1 is 1.13 bits per heavy atom. The molecule has 3 aromatic rings. The Morgan fingerprint density at radius 3 is 2.71 bits per heavy atom. The fourth-order valence-corrected chi connectivity index (χ4v) is 3.55. The van der Waals surface area contributed by atoms with Crippen LogP contribution in [0.2, 0.25) is 5.02 Å². The highest BCUT2D eigenvalue weighted by atomic mass is 35.5. The standard InChI is InChI=1S/C24H25ClN4O2/c1-17-29(22-13-20(25)8-9-23(22)31-17)16-18-6-4-7-19(12-18)24-26-14-21(15-27-24)30-11-5-10-28(2)3/h4,6-9,12-15H,1,5,10-11,16H2,2-3H3. The van der Waals surface area contributed by atoms with E-state index in [2.05, 4.69) is 33.6 Å². The molecule has 0 fully saturated rings. The summed E-state index contributed by atoms with van der Waals surface area (Å²) in [6.07, 6.45) is 4.40. The lowest BCUT2D eigenvalue weighted by Gasteiger charge is -2.18. The van der Waals surface area contributed by atoms with Gasteiger partial charge in [-0.05, 0) is 56.9 Å². The lowest BCUT2D eigenvalue weighted by molar-refractivity contribution is 0.280. The van der Waals surface area contributed by atoms with Crippen molar-refractivity contribution in [3.05, 3.63) is 77.9 Å². The van der Waals surface area contributed by atoms with Crippen molar-refractivity contribution in [1.82, 2.24) is 14.9 Å². The van der Waals surface area contributed by atoms with Gasteiger partial charge in [0.1, 0.15) is 0 Å². The van der Waals surface area contributed by atoms with Crippen LogP contribution in [0.25, 0.3) is 11.4 Å². The quantitative estimate of drug-likeness (QED) is 0.463. The topological polar surface area (TPSA) is 50.7 Å². The van der Waals surface area contributed by atoms with Crippen LogP contribution < -0.4 is 14.4 Å². The van der Waals surface area contributed by atoms with E-state index in [1.54, 1.807) is 12.4 Å². The molecule has 0 radical (unpaired) electrons. The van der Waals surface area contributed by atoms with Crippen LogP contribution in [-0.4, -0.2) is 42.1 Å². The SMILES string of the molecule is C=C1Oc2ccc(Cl)cc2N1Cc1cccc(-c2ncc(OCCCN(C)C)cn2)c1. The summed E-state index contributed by atoms with van der Waals surface area (Å²) in [6.45, 7) is 6.26. The first-order chi connectivity index (χ1) is 15.0. The van der Waals surface area contributed by atoms with Gasteiger partial charge in [0.05, 0.1) is 31.2 Å². The monoisotopic (exact) mass is 436 g/mol. The summed E-state index contributed by atoms with van der Waals surface area (Å²) in [5.41, 5.74) is 2.94. The number of rotatable bonds is 8. The summed E-state index contributed by atoms with van der Waals surface area (Å²) in [4.78, 5) is 13.1. The average molecular weight is 437 g/mol. The van der Waals surface area contributed by atoms with E-state index >= 15 is 0 Å². The van der Waals surface area contributed by atoms with Gasteiger partial charge in [-0.25, -0.2) is 9.97 Å². The number of nitrogens with zero attached hydrogens (tertiary/aromatic N) is 4. The van der Waals surface area contributed by atoms with E-state index in [0.717, 1.165) is 35.5 Å². The maximum absolute atomic E-state index is 6.17. The van der Waals surface area contributed by atoms with Crippen LogP contribution in [-0.2, 0) is 6.54 Å². The predicted octanol–water partition coefficient (Wildman–Crippen LogP) is 5.00. The van der Waals surface area contributed by atoms with E-state index < -0.39 is 0 Å². The molecule has 1 aromatic heterocycles. The van der Waals surface area contributed by atoms with Gasteiger partial charge in [-0.15, -0.1) is 0 Å². The Hall–Kier alpha value is -3.09. The molecular formula is C24H25ClN4O2. The number of anilines is 1. The molecular weight excluding hydrogens is 412 g/mol. The summed E-state index contributed by atoms with van der Waals surface area (Å²) in [5, 5.41) is 0.660. The third-order valence-corrected chi connectivity index (χ3v) is 5.15. The minimum Gasteiger partial charge on any atom is -0.490 e. The van der Waals surface area contributed by atoms with Crippen molar-refractivity contribution in [2.75, 3.05) is 32.1 Å². The number of benzene rings is 2. The van der Waals surface area contributed by atoms with Crippen molar-refractivity contribution in [2.24, 2.45) is 0 Å². The van der Waals surface area contributed by atoms with E-state index in [4.69, 9.17) is 21.1 Å². The van der Waals surface area contributed by atoms with Crippen LogP contribution in [0.1, 0.15) is 12.0 Å². The molecule has 4 rings (SSSR count). The first kappa shape index (κ1) is 21.2. The number of fused-ring (bicyclic) bond motifs is 1. The molecule has 6 nitrogen and oxygen atoms in total. The van der Waals surface area contributed by atoms with Crippen molar-refractivity contribution >= 4 is 17.3 Å². The lowest BCUT2D eigenvalue weighted by Crippen LogP contribution is -2.18. The summed E-state index contributed by atoms with van der Waals surface area (Å²) < 4.78 is 11.5. The Balaban J connectivity index is 1.44. The van der Waals surface area contributed by atoms with E-state index in [9.17, 15) is 0 Å². The van der Waals surface area contributed by atoms with Crippen molar-refractivity contribution in [1.29, 1.82) is 0 Å². The van der Waals surface area contributed by atoms with E-state index in [1.807, 2.05) is 49.3 Å². The van der Waals surface area contributed by atoms with Gasteiger partial charge in [0, 0.05) is 17.1 Å². The van der Waals surface area contributed by atoms with Crippen LogP contribution in [0.5, 0.6) is 11.5 Å². The Morgan fingerprint density at radius 2 is 1.94 bits per heavy atom. The van der Waals surface area contributed by atoms with Gasteiger partial charge in [-0.2, -0.15) is 0 Å². The highest BCUT2D eigenvalue weighted by Gasteiger charge is 2.25. The molecule has 7 heteroatoms. The van der Waals surface area contributed by atoms with Gasteiger partial charge in [-0.1, -0.05) is 29.8 Å². The molecule has 0 saturated heterocycles. The first-order valence-electron chi connectivity index (χ1n) is 10.1. The van der Waals surface area contributed by atoms with Crippen LogP contribution in [0, 0.1) is 0 Å². The average Bonchev–Trinajstić information content (AvgIpc) is 3.06. The molecule has 0 spiro atoms. The highest BCUT2D eigenvalue weighted by molar-refractivity contribution is 6.31. The lowest BCUT2D eigenvalue weighted by atomic mass is 10.1. The zero-order chi connectivity index (χ0) is 21.8. The third-order valence-electron chi connectivity index (χ3n) is 4.91. The zero-order valence-electron chi connectivity index (χ0n) is 17.7. The van der Waals surface area contributed by atoms with Gasteiger partial charge in [0.2, 0.25) is 0 Å². The zero-order valence-corrected chi connectivity index (χ0v) is 18.5. The van der Waals surface area contributed by atoms with Crippen molar-refractivity contribution in [3.63, 3.8) is 0 Å². The smallest absolute Gasteiger partial charge is 0.193 e. The van der Waals surface area contributed by atoms with E-state index in [1.165, 1.54) is 0 Å². The van der Waals surface area contributed by atoms with Crippen LogP contribution in [0.4, 0.5) is 5.69 Å². The number of ether oxygens (including phenoxy) is 2. The number of hydrogen-bond donors (Lipinski definition) is 0. The molecule has 0 amide bonds. The minimum atomic E-state index is 0.578. The summed E-state index contributed by atoms with van der Waals surface area (Å²) >= 11 is 6.17. The minimum absolute atomic E-state index is 0.578. The second-order valence-corrected chi connectivity index (χ2v) is 8.08. The molecule has 2 aromatic carbocycles. The van der Waals surface area contributed by atoms with Gasteiger partial charge >= 0.3 is 0 Å². The van der Waals surface area contributed by atoms with Gasteiger partial charge in [0.15, 0.2) is 23.2 Å². The Labute approximate surface area is 187 Å². The highest BCUT2D eigenvalue weighted by Crippen LogP contribution is 2.41. The van der Waals surface area contributed by atoms with Crippen LogP contribution >= 0.6 is 11.6 Å². The van der Waals surface area contributed by atoms with Crippen molar-refractivity contribution in [3.8, 4) is 22.9 Å². The molecule has 31 heavy (non-hydrogen) atoms. The molecule has 1 aliphatic rings. The fraction of sp³-hybridized carbons (Fsp3) is 0.250. The number of hydrogen-bond acceptors (Lipinski definition) is 6. The second kappa shape index (κ2) is 9.37. The molecule has 0 saturated carbocycles.